The molecular formula is C19H19N5OS. The molecule has 2 heterocycles. The van der Waals surface area contributed by atoms with E-state index in [4.69, 9.17) is 0 Å². The first kappa shape index (κ1) is 16.8. The minimum Gasteiger partial charge on any atom is -0.326 e. The van der Waals surface area contributed by atoms with Crippen LogP contribution in [0.4, 0.5) is 5.69 Å². The first-order valence-electron chi connectivity index (χ1n) is 8.63. The Balaban J connectivity index is 1.42. The highest BCUT2D eigenvalue weighted by molar-refractivity contribution is 7.98. The molecule has 0 bridgehead atoms. The largest absolute Gasteiger partial charge is 0.326 e. The Morgan fingerprint density at radius 3 is 3.19 bits per heavy atom. The number of amides is 1. The summed E-state index contributed by atoms with van der Waals surface area (Å²) in [4.78, 5) is 20.9. The van der Waals surface area contributed by atoms with Crippen LogP contribution in [-0.2, 0) is 10.5 Å². The maximum Gasteiger partial charge on any atom is 0.231 e. The van der Waals surface area contributed by atoms with Gasteiger partial charge in [0, 0.05) is 11.4 Å². The van der Waals surface area contributed by atoms with Crippen LogP contribution in [0.15, 0.2) is 54.0 Å². The Bertz CT molecular complexity index is 952. The molecule has 6 nitrogen and oxygen atoms in total. The first-order valence-corrected chi connectivity index (χ1v) is 9.61. The number of fused-ring (bicyclic) bond motifs is 1. The van der Waals surface area contributed by atoms with Crippen LogP contribution in [0, 0.1) is 5.92 Å². The van der Waals surface area contributed by atoms with E-state index in [2.05, 4.69) is 37.6 Å². The van der Waals surface area contributed by atoms with Gasteiger partial charge in [0.05, 0.1) is 17.5 Å². The average Bonchev–Trinajstić information content (AvgIpc) is 3.17. The number of carbonyl (C=O) groups excluding carboxylic acids is 1. The van der Waals surface area contributed by atoms with Crippen molar-refractivity contribution in [2.75, 3.05) is 5.32 Å². The number of aromatic nitrogens is 4. The number of anilines is 1. The van der Waals surface area contributed by atoms with Crippen LogP contribution in [0.25, 0.3) is 11.0 Å². The molecule has 3 aromatic rings. The quantitative estimate of drug-likeness (QED) is 0.406. The summed E-state index contributed by atoms with van der Waals surface area (Å²) in [7, 11) is 0. The average molecular weight is 365 g/mol. The fraction of sp³-hybridized carbons (Fsp3) is 0.263. The molecular weight excluding hydrogens is 346 g/mol. The lowest BCUT2D eigenvalue weighted by molar-refractivity contribution is -0.118. The molecule has 0 fully saturated rings. The van der Waals surface area contributed by atoms with Gasteiger partial charge in [-0.1, -0.05) is 24.3 Å². The summed E-state index contributed by atoms with van der Waals surface area (Å²) in [6.07, 6.45) is 10.5. The Morgan fingerprint density at radius 1 is 1.35 bits per heavy atom. The van der Waals surface area contributed by atoms with Crippen LogP contribution in [0.1, 0.15) is 24.8 Å². The molecule has 1 atom stereocenters. The Morgan fingerprint density at radius 2 is 2.31 bits per heavy atom. The van der Waals surface area contributed by atoms with E-state index in [0.717, 1.165) is 52.3 Å². The zero-order valence-electron chi connectivity index (χ0n) is 14.2. The number of hydrogen-bond acceptors (Lipinski definition) is 5. The van der Waals surface area contributed by atoms with Crippen molar-refractivity contribution in [3.63, 3.8) is 0 Å². The standard InChI is InChI=1S/C19H19N5OS/c25-18(14-6-2-1-3-7-14)23-15-8-4-5-13(9-15)11-26-19-16-10-22-24-17(16)20-12-21-19/h2,4-6,8-10,12,14H,1,3,7,11H2,(H,23,25)(H,20,21,22,24). The third kappa shape index (κ3) is 3.77. The Hall–Kier alpha value is -2.67. The van der Waals surface area contributed by atoms with Gasteiger partial charge < -0.3 is 5.32 Å². The highest BCUT2D eigenvalue weighted by atomic mass is 32.2. The van der Waals surface area contributed by atoms with Crippen LogP contribution in [0.5, 0.6) is 0 Å². The molecule has 0 spiro atoms. The third-order valence-electron chi connectivity index (χ3n) is 4.37. The van der Waals surface area contributed by atoms with E-state index in [0.29, 0.717) is 0 Å². The van der Waals surface area contributed by atoms with Crippen LogP contribution >= 0.6 is 11.8 Å². The van der Waals surface area contributed by atoms with E-state index in [1.54, 1.807) is 18.0 Å². The Kier molecular flexibility index (Phi) is 4.97. The normalized spacial score (nSPS) is 16.7. The van der Waals surface area contributed by atoms with Crippen LogP contribution in [-0.4, -0.2) is 26.1 Å². The van der Waals surface area contributed by atoms with Crippen molar-refractivity contribution >= 4 is 34.4 Å². The molecule has 1 aliphatic carbocycles. The molecule has 1 amide bonds. The van der Waals surface area contributed by atoms with Crippen molar-refractivity contribution in [2.45, 2.75) is 30.0 Å². The molecule has 26 heavy (non-hydrogen) atoms. The van der Waals surface area contributed by atoms with Gasteiger partial charge in [0.2, 0.25) is 5.91 Å². The van der Waals surface area contributed by atoms with Crippen molar-refractivity contribution in [3.05, 3.63) is 54.5 Å². The zero-order valence-corrected chi connectivity index (χ0v) is 15.0. The molecule has 2 N–H and O–H groups in total. The number of H-pyrrole nitrogens is 1. The molecule has 1 unspecified atom stereocenters. The second-order valence-corrected chi connectivity index (χ2v) is 7.22. The van der Waals surface area contributed by atoms with Gasteiger partial charge in [-0.05, 0) is 37.0 Å². The highest BCUT2D eigenvalue weighted by Crippen LogP contribution is 2.27. The second-order valence-electron chi connectivity index (χ2n) is 6.25. The van der Waals surface area contributed by atoms with Gasteiger partial charge >= 0.3 is 0 Å². The minimum absolute atomic E-state index is 0.0165. The first-order chi connectivity index (χ1) is 12.8. The molecule has 7 heteroatoms. The van der Waals surface area contributed by atoms with Gasteiger partial charge in [-0.25, -0.2) is 9.97 Å². The maximum absolute atomic E-state index is 12.4. The van der Waals surface area contributed by atoms with Gasteiger partial charge in [0.25, 0.3) is 0 Å². The van der Waals surface area contributed by atoms with Crippen molar-refractivity contribution in [3.8, 4) is 0 Å². The number of aromatic amines is 1. The number of benzene rings is 1. The summed E-state index contributed by atoms with van der Waals surface area (Å²) >= 11 is 1.63. The second kappa shape index (κ2) is 7.70. The van der Waals surface area contributed by atoms with Crippen LogP contribution < -0.4 is 5.32 Å². The summed E-state index contributed by atoms with van der Waals surface area (Å²) in [5.74, 6) is 0.809. The van der Waals surface area contributed by atoms with Crippen LogP contribution in [0.3, 0.4) is 0 Å². The molecule has 1 aliphatic rings. The van der Waals surface area contributed by atoms with Crippen molar-refractivity contribution < 1.29 is 4.79 Å². The molecule has 0 saturated carbocycles. The lowest BCUT2D eigenvalue weighted by atomic mass is 9.95. The molecule has 0 saturated heterocycles. The fourth-order valence-corrected chi connectivity index (χ4v) is 3.92. The number of nitrogens with one attached hydrogen (secondary N) is 2. The third-order valence-corrected chi connectivity index (χ3v) is 5.45. The van der Waals surface area contributed by atoms with Gasteiger partial charge in [0.1, 0.15) is 11.4 Å². The molecule has 0 radical (unpaired) electrons. The number of rotatable bonds is 5. The Labute approximate surface area is 155 Å². The summed E-state index contributed by atoms with van der Waals surface area (Å²) in [5, 5.41) is 11.7. The summed E-state index contributed by atoms with van der Waals surface area (Å²) < 4.78 is 0. The minimum atomic E-state index is -0.0165. The van der Waals surface area contributed by atoms with E-state index < -0.39 is 0 Å². The van der Waals surface area contributed by atoms with Gasteiger partial charge in [-0.15, -0.1) is 11.8 Å². The van der Waals surface area contributed by atoms with E-state index in [1.807, 2.05) is 24.3 Å². The zero-order chi connectivity index (χ0) is 17.8. The predicted molar refractivity (Wildman–Crippen MR) is 103 cm³/mol. The molecule has 2 aromatic heterocycles. The number of allylic oxidation sites excluding steroid dienone is 1. The lowest BCUT2D eigenvalue weighted by Crippen LogP contribution is -2.22. The van der Waals surface area contributed by atoms with Crippen molar-refractivity contribution in [1.82, 2.24) is 20.2 Å². The highest BCUT2D eigenvalue weighted by Gasteiger charge is 2.17. The summed E-state index contributed by atoms with van der Waals surface area (Å²) in [6, 6.07) is 7.97. The number of nitrogens with zero attached hydrogens (tertiary/aromatic N) is 3. The SMILES string of the molecule is O=C(Nc1cccc(CSc2ncnc3[nH]ncc23)c1)C1C=CCCC1. The number of hydrogen-bond donors (Lipinski definition) is 2. The van der Waals surface area contributed by atoms with Gasteiger partial charge in [-0.2, -0.15) is 5.10 Å². The predicted octanol–water partition coefficient (Wildman–Crippen LogP) is 3.94. The smallest absolute Gasteiger partial charge is 0.231 e. The van der Waals surface area contributed by atoms with Crippen LogP contribution in [0.2, 0.25) is 0 Å². The number of thioether (sulfide) groups is 1. The van der Waals surface area contributed by atoms with E-state index >= 15 is 0 Å². The van der Waals surface area contributed by atoms with Crippen molar-refractivity contribution in [1.29, 1.82) is 0 Å². The van der Waals surface area contributed by atoms with Gasteiger partial charge in [-0.3, -0.25) is 9.89 Å². The molecule has 1 aromatic carbocycles. The molecule has 4 rings (SSSR count). The molecule has 0 aliphatic heterocycles. The van der Waals surface area contributed by atoms with Gasteiger partial charge in [0.15, 0.2) is 5.65 Å². The maximum atomic E-state index is 12.4. The number of carbonyl (C=O) groups is 1. The topological polar surface area (TPSA) is 83.6 Å². The lowest BCUT2D eigenvalue weighted by Gasteiger charge is -2.16. The molecule has 132 valence electrons. The van der Waals surface area contributed by atoms with E-state index in [-0.39, 0.29) is 11.8 Å². The van der Waals surface area contributed by atoms with E-state index in [9.17, 15) is 4.79 Å². The summed E-state index contributed by atoms with van der Waals surface area (Å²) in [6.45, 7) is 0. The van der Waals surface area contributed by atoms with Crippen molar-refractivity contribution in [2.24, 2.45) is 5.92 Å². The monoisotopic (exact) mass is 365 g/mol. The summed E-state index contributed by atoms with van der Waals surface area (Å²) in [5.41, 5.74) is 2.70. The van der Waals surface area contributed by atoms with E-state index in [1.165, 1.54) is 6.33 Å². The fourth-order valence-electron chi connectivity index (χ4n) is 3.01.